The molecule has 9 N–H and O–H groups in total. The Morgan fingerprint density at radius 3 is 1.26 bits per heavy atom. The van der Waals surface area contributed by atoms with Gasteiger partial charge in [-0.1, -0.05) is 131 Å². The number of rotatable bonds is 30. The second-order valence-electron chi connectivity index (χ2n) is 23.1. The maximum atomic E-state index is 14.3. The predicted octanol–water partition coefficient (Wildman–Crippen LogP) is 9.58. The van der Waals surface area contributed by atoms with Crippen LogP contribution in [0.25, 0.3) is 44.8 Å². The molecule has 0 saturated heterocycles. The van der Waals surface area contributed by atoms with Gasteiger partial charge in [0, 0.05) is 78.2 Å². The molecule has 0 saturated carbocycles. The summed E-state index contributed by atoms with van der Waals surface area (Å²) in [5.41, 5.74) is 20.7. The van der Waals surface area contributed by atoms with Gasteiger partial charge < -0.3 is 71.1 Å². The fraction of sp³-hybridized carbons (Fsp3) is 0.319. The zero-order chi connectivity index (χ0) is 65.7. The van der Waals surface area contributed by atoms with Crippen molar-refractivity contribution in [2.75, 3.05) is 17.2 Å². The van der Waals surface area contributed by atoms with Gasteiger partial charge in [-0.2, -0.15) is 0 Å². The van der Waals surface area contributed by atoms with E-state index in [0.29, 0.717) is 87.6 Å². The maximum Gasteiger partial charge on any atom is 2.00 e. The van der Waals surface area contributed by atoms with Gasteiger partial charge in [0.15, 0.2) is 0 Å². The van der Waals surface area contributed by atoms with E-state index in [0.717, 1.165) is 16.8 Å². The Labute approximate surface area is 565 Å². The third-order valence-corrected chi connectivity index (χ3v) is 15.4. The summed E-state index contributed by atoms with van der Waals surface area (Å²) in [5.74, 6) is -5.31. The normalized spacial score (nSPS) is 12.8. The van der Waals surface area contributed by atoms with Crippen LogP contribution in [0.2, 0.25) is 0 Å². The minimum atomic E-state index is -1.43. The van der Waals surface area contributed by atoms with Crippen molar-refractivity contribution in [1.29, 1.82) is 0 Å². The summed E-state index contributed by atoms with van der Waals surface area (Å²) in [6.07, 6.45) is -4.09. The second-order valence-corrected chi connectivity index (χ2v) is 23.1. The number of aromatic nitrogens is 2. The fourth-order valence-corrected chi connectivity index (χ4v) is 11.3. The average molecular weight is 1280 g/mol. The first-order valence-electron chi connectivity index (χ1n) is 30.6. The quantitative estimate of drug-likeness (QED) is 0.0126. The zero-order valence-corrected chi connectivity index (χ0v) is 54.5. The molecule has 0 aliphatic carbocycles. The van der Waals surface area contributed by atoms with E-state index in [2.05, 4.69) is 10.6 Å². The van der Waals surface area contributed by atoms with Crippen molar-refractivity contribution in [3.63, 3.8) is 0 Å². The molecule has 1 unspecified atom stereocenters. The van der Waals surface area contributed by atoms with E-state index in [1.807, 2.05) is 134 Å². The van der Waals surface area contributed by atoms with E-state index in [-0.39, 0.29) is 100 Å². The molecule has 5 atom stereocenters. The first-order chi connectivity index (χ1) is 43.6. The zero-order valence-electron chi connectivity index (χ0n) is 52.3. The molecule has 6 aromatic carbocycles. The first-order valence-corrected chi connectivity index (χ1v) is 30.6. The van der Waals surface area contributed by atoms with Crippen molar-refractivity contribution in [3.05, 3.63) is 204 Å². The summed E-state index contributed by atoms with van der Waals surface area (Å²) < 4.78 is 37.6. The third kappa shape index (κ3) is 20.3. The fourth-order valence-electron chi connectivity index (χ4n) is 11.3. The van der Waals surface area contributed by atoms with Crippen LogP contribution in [0.3, 0.4) is 0 Å². The van der Waals surface area contributed by atoms with E-state index in [1.54, 1.807) is 48.5 Å². The van der Waals surface area contributed by atoms with Gasteiger partial charge in [-0.15, -0.1) is 0 Å². The van der Waals surface area contributed by atoms with E-state index >= 15 is 0 Å². The van der Waals surface area contributed by atoms with Crippen LogP contribution >= 0.6 is 0 Å². The van der Waals surface area contributed by atoms with Crippen molar-refractivity contribution in [2.24, 2.45) is 11.5 Å². The number of esters is 1. The van der Waals surface area contributed by atoms with Gasteiger partial charge in [0.2, 0.25) is 0 Å². The minimum Gasteiger partial charge on any atom is -0.550 e. The van der Waals surface area contributed by atoms with Crippen LogP contribution < -0.4 is 32.3 Å². The number of hydrogen-bond acceptors (Lipinski definition) is 13. The molecule has 8 aromatic rings. The topological polar surface area (TPSA) is 287 Å². The number of carboxylic acids is 2. The van der Waals surface area contributed by atoms with Crippen LogP contribution in [0.1, 0.15) is 129 Å². The predicted molar refractivity (Wildman–Crippen MR) is 350 cm³/mol. The van der Waals surface area contributed by atoms with Gasteiger partial charge >= 0.3 is 43.7 Å². The summed E-state index contributed by atoms with van der Waals surface area (Å²) in [6.45, 7) is 8.81. The Kier molecular flexibility index (Phi) is 28.5. The number of carboxylic acid groups (broad SMARTS) is 2. The number of nitrogens with one attached hydrogen (secondary N) is 2. The molecule has 0 radical (unpaired) electrons. The molecule has 8 rings (SSSR count). The van der Waals surface area contributed by atoms with Gasteiger partial charge in [0.25, 0.3) is 11.8 Å². The Morgan fingerprint density at radius 2 is 0.891 bits per heavy atom. The van der Waals surface area contributed by atoms with Crippen LogP contribution in [0.4, 0.5) is 20.2 Å². The standard InChI is InChI=1S/C39H47FN4O6.C33H35FN2O5.Ca/c1-25(2)36-35(38(48)43-29-13-7-4-8-14-29)34(26-11-5-3-6-12-26)37(27-16-18-28(40)19-17-27)44(36)22-20-30(45)23-31(24-33(46)47)50-39(49)32(42)15-9-10-21-41;1-21(2)31-30(33(41)35-25-11-7-4-8-12-25)29(22-9-5-3-6-10-22)32(23-13-15-24(34)16-14-23)36(31)18-17-26(37)19-27(38)20-28(39)40;/h3-8,11-14,16-19,25,30-32,45H,9-10,15,20-24,41-42H2,1-2H3,(H,43,48)(H,46,47);3-16,21,26-27,37-38H,17-20H2,1-2H3,(H,35,41)(H,39,40);/q;;+2/p-2/t30-,31-,32?;26-,27-;/m11./s1. The summed E-state index contributed by atoms with van der Waals surface area (Å²) in [4.78, 5) is 63.4. The van der Waals surface area contributed by atoms with Crippen LogP contribution in [-0.2, 0) is 32.2 Å². The molecule has 480 valence electrons. The summed E-state index contributed by atoms with van der Waals surface area (Å²) in [5, 5.41) is 60.4. The number of aliphatic hydroxyl groups is 3. The van der Waals surface area contributed by atoms with Crippen molar-refractivity contribution in [3.8, 4) is 44.8 Å². The second kappa shape index (κ2) is 35.8. The molecule has 92 heavy (non-hydrogen) atoms. The summed E-state index contributed by atoms with van der Waals surface area (Å²) in [6, 6.07) is 48.3. The molecule has 0 spiro atoms. The van der Waals surface area contributed by atoms with E-state index < -0.39 is 72.8 Å². The molecule has 2 amide bonds. The van der Waals surface area contributed by atoms with Crippen molar-refractivity contribution in [1.82, 2.24) is 9.13 Å². The Hall–Kier alpha value is -7.85. The van der Waals surface area contributed by atoms with Gasteiger partial charge in [-0.05, 0) is 146 Å². The van der Waals surface area contributed by atoms with E-state index in [9.17, 15) is 58.3 Å². The minimum absolute atomic E-state index is 0. The number of carbonyl (C=O) groups is 5. The molecular weight excluding hydrogens is 1200 g/mol. The Bertz CT molecular complexity index is 3670. The maximum absolute atomic E-state index is 14.3. The number of nitrogens with zero attached hydrogens (tertiary/aromatic N) is 2. The number of ether oxygens (including phenoxy) is 1. The first kappa shape index (κ1) is 73.2. The van der Waals surface area contributed by atoms with Crippen LogP contribution in [-0.4, -0.2) is 129 Å². The van der Waals surface area contributed by atoms with Crippen LogP contribution in [0, 0.1) is 11.6 Å². The van der Waals surface area contributed by atoms with Crippen molar-refractivity contribution in [2.45, 2.75) is 141 Å². The smallest absolute Gasteiger partial charge is 0.550 e. The van der Waals surface area contributed by atoms with Gasteiger partial charge in [-0.25, -0.2) is 8.78 Å². The average Bonchev–Trinajstić information content (AvgIpc) is 1.60. The number of amides is 2. The number of halogens is 2. The van der Waals surface area contributed by atoms with Gasteiger partial charge in [0.05, 0.1) is 40.8 Å². The van der Waals surface area contributed by atoms with E-state index in [1.165, 1.54) is 24.3 Å². The number of anilines is 2. The number of para-hydroxylation sites is 2. The SMILES string of the molecule is CC(C)c1c(C(=O)Nc2ccccc2)c(-c2ccccc2)c(-c2ccc(F)cc2)n1CC[C@@H](O)C[C@@H](O)CC(=O)[O-].CC(C)c1c(C(=O)Nc2ccccc2)c(-c2ccccc2)c(-c2ccc(F)cc2)n1CC[C@@H](O)C[C@H](CC(=O)[O-])OC(=O)C(N)CCCCN.[Ca+2]. The number of hydrogen-bond donors (Lipinski definition) is 7. The van der Waals surface area contributed by atoms with Crippen LogP contribution in [0.15, 0.2) is 170 Å². The van der Waals surface area contributed by atoms with Crippen molar-refractivity contribution >= 4 is 78.8 Å². The largest absolute Gasteiger partial charge is 2.00 e. The number of aliphatic carboxylic acids is 2. The molecule has 2 aromatic heterocycles. The number of unbranched alkanes of at least 4 members (excludes halogenated alkanes) is 1. The monoisotopic (exact) mass is 1280 g/mol. The number of aliphatic hydroxyl groups excluding tert-OH is 3. The molecule has 0 aliphatic heterocycles. The van der Waals surface area contributed by atoms with Gasteiger partial charge in [-0.3, -0.25) is 14.4 Å². The molecule has 17 nitrogen and oxygen atoms in total. The Balaban J connectivity index is 0.000000294. The van der Waals surface area contributed by atoms with Crippen molar-refractivity contribution < 1.29 is 63.0 Å². The number of nitrogens with two attached hydrogens (primary N) is 2. The molecule has 0 bridgehead atoms. The Morgan fingerprint density at radius 1 is 0.511 bits per heavy atom. The number of carbonyl (C=O) groups excluding carboxylic acids is 5. The van der Waals surface area contributed by atoms with E-state index in [4.69, 9.17) is 16.2 Å². The number of benzene rings is 6. The summed E-state index contributed by atoms with van der Waals surface area (Å²) >= 11 is 0. The molecule has 0 fully saturated rings. The third-order valence-electron chi connectivity index (χ3n) is 15.4. The molecule has 20 heteroatoms. The van der Waals surface area contributed by atoms with Crippen LogP contribution in [0.5, 0.6) is 0 Å². The summed E-state index contributed by atoms with van der Waals surface area (Å²) in [7, 11) is 0. The molecule has 0 aliphatic rings. The molecule has 2 heterocycles. The molecular formula is C72H80CaF2N6O11. The van der Waals surface area contributed by atoms with Gasteiger partial charge in [0.1, 0.15) is 23.8 Å².